The molecule has 3 fully saturated rings. The van der Waals surface area contributed by atoms with Crippen LogP contribution < -0.4 is 4.74 Å². The summed E-state index contributed by atoms with van der Waals surface area (Å²) < 4.78 is 30.0. The third-order valence-corrected chi connectivity index (χ3v) is 10.1. The maximum absolute atomic E-state index is 12.6. The van der Waals surface area contributed by atoms with Crippen molar-refractivity contribution in [3.05, 3.63) is 28.8 Å². The molecular formula is C31H47NO6. The molecule has 7 heteroatoms. The highest BCUT2D eigenvalue weighted by Crippen LogP contribution is 2.65. The van der Waals surface area contributed by atoms with Crippen molar-refractivity contribution in [2.45, 2.75) is 94.5 Å². The zero-order valence-electron chi connectivity index (χ0n) is 23.4. The third kappa shape index (κ3) is 4.51. The van der Waals surface area contributed by atoms with E-state index in [0.717, 1.165) is 63.5 Å². The summed E-state index contributed by atoms with van der Waals surface area (Å²) in [7, 11) is 0. The molecule has 2 bridgehead atoms. The number of hydrogen-bond donors (Lipinski definition) is 1. The minimum Gasteiger partial charge on any atom is -0.486 e. The number of piperidine rings is 1. The molecule has 6 rings (SSSR count). The molecule has 38 heavy (non-hydrogen) atoms. The van der Waals surface area contributed by atoms with Gasteiger partial charge in [-0.1, -0.05) is 25.5 Å². The Hall–Kier alpha value is -1.22. The van der Waals surface area contributed by atoms with Gasteiger partial charge >= 0.3 is 0 Å². The molecule has 1 N–H and O–H groups in total. The number of aryl methyl sites for hydroxylation is 1. The summed E-state index contributed by atoms with van der Waals surface area (Å²) in [5, 5.41) is 12.6. The molecule has 0 radical (unpaired) electrons. The number of nitrogens with zero attached hydrogens (tertiary/aromatic N) is 1. The zero-order chi connectivity index (χ0) is 26.2. The monoisotopic (exact) mass is 529 g/mol. The van der Waals surface area contributed by atoms with Crippen LogP contribution >= 0.6 is 0 Å². The smallest absolute Gasteiger partial charge is 0.137 e. The third-order valence-electron chi connectivity index (χ3n) is 10.1. The fraction of sp³-hybridized carbons (Fsp3) is 0.806. The van der Waals surface area contributed by atoms with Gasteiger partial charge in [0.2, 0.25) is 0 Å². The average Bonchev–Trinajstić information content (AvgIpc) is 3.24. The van der Waals surface area contributed by atoms with Crippen molar-refractivity contribution in [1.29, 1.82) is 0 Å². The Labute approximate surface area is 228 Å². The minimum absolute atomic E-state index is 0.0394. The van der Waals surface area contributed by atoms with Crippen LogP contribution in [0.25, 0.3) is 0 Å². The van der Waals surface area contributed by atoms with Gasteiger partial charge in [-0.2, -0.15) is 0 Å². The molecule has 5 aliphatic rings. The van der Waals surface area contributed by atoms with E-state index >= 15 is 0 Å². The molecule has 2 heterocycles. The SMILES string of the molecule is CCCOCCOCCOCCO[C@H]1CC[C@@]2(O)[C@H]3Cc4ccc(C)c5c4[C@@]2(CCN3CC2CCC2)C1O5. The molecule has 1 aromatic carbocycles. The molecule has 5 atom stereocenters. The van der Waals surface area contributed by atoms with E-state index in [9.17, 15) is 5.11 Å². The van der Waals surface area contributed by atoms with Crippen molar-refractivity contribution in [2.24, 2.45) is 5.92 Å². The fourth-order valence-corrected chi connectivity index (χ4v) is 8.07. The summed E-state index contributed by atoms with van der Waals surface area (Å²) in [6.07, 6.45) is 8.35. The number of hydrogen-bond acceptors (Lipinski definition) is 7. The standard InChI is InChI=1S/C31H47NO6/c1-3-13-34-14-15-35-16-17-36-18-19-37-25-9-10-31(33)26-20-24-8-7-22(2)28-27(24)30(31,29(25)38-28)11-12-32(26)21-23-5-4-6-23/h7-8,23,25-26,29,33H,3-6,9-21H2,1-2H3/t25-,26+,29?,30-,31+/m0/s1. The van der Waals surface area contributed by atoms with Crippen molar-refractivity contribution in [1.82, 2.24) is 4.90 Å². The first-order valence-electron chi connectivity index (χ1n) is 15.2. The first-order valence-corrected chi connectivity index (χ1v) is 15.2. The summed E-state index contributed by atoms with van der Waals surface area (Å²) in [5.74, 6) is 1.82. The topological polar surface area (TPSA) is 69.6 Å². The Morgan fingerprint density at radius 1 is 0.974 bits per heavy atom. The molecule has 1 saturated heterocycles. The van der Waals surface area contributed by atoms with E-state index in [1.807, 2.05) is 0 Å². The lowest BCUT2D eigenvalue weighted by atomic mass is 9.48. The highest BCUT2D eigenvalue weighted by Gasteiger charge is 2.73. The summed E-state index contributed by atoms with van der Waals surface area (Å²) in [4.78, 5) is 2.64. The van der Waals surface area contributed by atoms with Crippen LogP contribution in [0.4, 0.5) is 0 Å². The van der Waals surface area contributed by atoms with Gasteiger partial charge in [0.1, 0.15) is 11.9 Å². The van der Waals surface area contributed by atoms with E-state index in [-0.39, 0.29) is 23.7 Å². The van der Waals surface area contributed by atoms with Crippen LogP contribution in [0.2, 0.25) is 0 Å². The summed E-state index contributed by atoms with van der Waals surface area (Å²) >= 11 is 0. The van der Waals surface area contributed by atoms with Gasteiger partial charge in [-0.25, -0.2) is 0 Å². The van der Waals surface area contributed by atoms with E-state index in [0.29, 0.717) is 39.6 Å². The van der Waals surface area contributed by atoms with Gasteiger partial charge < -0.3 is 28.8 Å². The Balaban J connectivity index is 1.10. The highest BCUT2D eigenvalue weighted by molar-refractivity contribution is 5.60. The Bertz CT molecular complexity index is 968. The van der Waals surface area contributed by atoms with Crippen LogP contribution in [0, 0.1) is 12.8 Å². The molecule has 0 amide bonds. The summed E-state index contributed by atoms with van der Waals surface area (Å²) in [6.45, 7) is 10.6. The molecule has 2 saturated carbocycles. The Kier molecular flexibility index (Phi) is 8.05. The second-order valence-corrected chi connectivity index (χ2v) is 12.2. The molecule has 7 nitrogen and oxygen atoms in total. The van der Waals surface area contributed by atoms with E-state index in [4.69, 9.17) is 23.7 Å². The van der Waals surface area contributed by atoms with Crippen LogP contribution in [0.1, 0.15) is 68.6 Å². The van der Waals surface area contributed by atoms with Crippen molar-refractivity contribution >= 4 is 0 Å². The fourth-order valence-electron chi connectivity index (χ4n) is 8.07. The van der Waals surface area contributed by atoms with Crippen LogP contribution in [0.3, 0.4) is 0 Å². The van der Waals surface area contributed by atoms with Crippen molar-refractivity contribution in [2.75, 3.05) is 59.3 Å². The maximum atomic E-state index is 12.6. The molecule has 2 aliphatic heterocycles. The second kappa shape index (κ2) is 11.3. The quantitative estimate of drug-likeness (QED) is 0.368. The first kappa shape index (κ1) is 27.0. The van der Waals surface area contributed by atoms with E-state index < -0.39 is 5.60 Å². The van der Waals surface area contributed by atoms with E-state index in [1.54, 1.807) is 0 Å². The second-order valence-electron chi connectivity index (χ2n) is 12.2. The Morgan fingerprint density at radius 2 is 1.71 bits per heavy atom. The van der Waals surface area contributed by atoms with Gasteiger partial charge in [0.15, 0.2) is 0 Å². The number of aliphatic hydroxyl groups is 1. The predicted octanol–water partition coefficient (Wildman–Crippen LogP) is 3.79. The molecule has 1 spiro atoms. The summed E-state index contributed by atoms with van der Waals surface area (Å²) in [5.41, 5.74) is 2.71. The zero-order valence-corrected chi connectivity index (χ0v) is 23.4. The van der Waals surface area contributed by atoms with Gasteiger partial charge in [0, 0.05) is 24.8 Å². The molecule has 212 valence electrons. The van der Waals surface area contributed by atoms with Gasteiger partial charge in [-0.3, -0.25) is 4.90 Å². The molecule has 1 aromatic rings. The molecule has 1 unspecified atom stereocenters. The van der Waals surface area contributed by atoms with Crippen molar-refractivity contribution < 1.29 is 28.8 Å². The van der Waals surface area contributed by atoms with Crippen LogP contribution in [-0.2, 0) is 30.8 Å². The minimum atomic E-state index is -0.764. The first-order chi connectivity index (χ1) is 18.6. The van der Waals surface area contributed by atoms with Crippen molar-refractivity contribution in [3.63, 3.8) is 0 Å². The lowest BCUT2D eigenvalue weighted by Crippen LogP contribution is -2.77. The average molecular weight is 530 g/mol. The van der Waals surface area contributed by atoms with Gasteiger partial charge in [-0.15, -0.1) is 0 Å². The number of ether oxygens (including phenoxy) is 5. The van der Waals surface area contributed by atoms with Crippen LogP contribution in [0.5, 0.6) is 5.75 Å². The maximum Gasteiger partial charge on any atom is 0.137 e. The predicted molar refractivity (Wildman–Crippen MR) is 145 cm³/mol. The number of rotatable bonds is 14. The number of likely N-dealkylation sites (tertiary alicyclic amines) is 1. The molecule has 3 aliphatic carbocycles. The lowest BCUT2D eigenvalue weighted by Gasteiger charge is -2.64. The van der Waals surface area contributed by atoms with E-state index in [1.165, 1.54) is 36.0 Å². The highest BCUT2D eigenvalue weighted by atomic mass is 16.6. The molecule has 0 aromatic heterocycles. The van der Waals surface area contributed by atoms with Gasteiger partial charge in [-0.05, 0) is 75.5 Å². The van der Waals surface area contributed by atoms with Gasteiger partial charge in [0.25, 0.3) is 0 Å². The van der Waals surface area contributed by atoms with Crippen LogP contribution in [0.15, 0.2) is 12.1 Å². The van der Waals surface area contributed by atoms with E-state index in [2.05, 4.69) is 30.9 Å². The summed E-state index contributed by atoms with van der Waals surface area (Å²) in [6, 6.07) is 4.68. The Morgan fingerprint density at radius 3 is 2.42 bits per heavy atom. The normalized spacial score (nSPS) is 33.6. The van der Waals surface area contributed by atoms with Crippen molar-refractivity contribution in [3.8, 4) is 5.75 Å². The van der Waals surface area contributed by atoms with Crippen LogP contribution in [-0.4, -0.2) is 93.2 Å². The number of benzene rings is 1. The lowest BCUT2D eigenvalue weighted by molar-refractivity contribution is -0.218. The molecular weight excluding hydrogens is 482 g/mol. The largest absolute Gasteiger partial charge is 0.486 e. The van der Waals surface area contributed by atoms with Gasteiger partial charge in [0.05, 0.1) is 56.8 Å².